The molecule has 2 aromatic carbocycles. The van der Waals surface area contributed by atoms with Crippen LogP contribution < -0.4 is 5.73 Å². The number of rotatable bonds is 3. The van der Waals surface area contributed by atoms with Crippen LogP contribution in [0.5, 0.6) is 0 Å². The van der Waals surface area contributed by atoms with Crippen molar-refractivity contribution in [1.29, 1.82) is 0 Å². The minimum absolute atomic E-state index is 0.209. The van der Waals surface area contributed by atoms with Gasteiger partial charge in [0.1, 0.15) is 0 Å². The molecule has 2 unspecified atom stereocenters. The monoisotopic (exact) mass is 227 g/mol. The minimum Gasteiger partial charge on any atom is -0.327 e. The van der Waals surface area contributed by atoms with Gasteiger partial charge in [-0.15, -0.1) is 0 Å². The standard InChI is InChI=1S/C16H21N/c1-11(2)16(17)12(3)14-10-6-8-13-7-4-5-9-15(13)14/h4-12,16H,17H2,1-3H3. The third-order valence-electron chi connectivity index (χ3n) is 3.66. The van der Waals surface area contributed by atoms with Crippen LogP contribution in [0, 0.1) is 5.92 Å². The van der Waals surface area contributed by atoms with Crippen molar-refractivity contribution >= 4 is 10.8 Å². The molecule has 0 bridgehead atoms. The second-order valence-corrected chi connectivity index (χ2v) is 5.18. The Morgan fingerprint density at radius 3 is 2.24 bits per heavy atom. The van der Waals surface area contributed by atoms with Crippen LogP contribution in [0.3, 0.4) is 0 Å². The summed E-state index contributed by atoms with van der Waals surface area (Å²) in [4.78, 5) is 0. The van der Waals surface area contributed by atoms with Crippen LogP contribution in [0.2, 0.25) is 0 Å². The van der Waals surface area contributed by atoms with Gasteiger partial charge in [0.15, 0.2) is 0 Å². The fourth-order valence-corrected chi connectivity index (χ4v) is 2.43. The third-order valence-corrected chi connectivity index (χ3v) is 3.66. The highest BCUT2D eigenvalue weighted by atomic mass is 14.7. The SMILES string of the molecule is CC(C)C(N)C(C)c1cccc2ccccc12. The van der Waals surface area contributed by atoms with Crippen molar-refractivity contribution < 1.29 is 0 Å². The summed E-state index contributed by atoms with van der Waals surface area (Å²) in [5.41, 5.74) is 7.65. The lowest BCUT2D eigenvalue weighted by Gasteiger charge is -2.24. The highest BCUT2D eigenvalue weighted by Gasteiger charge is 2.19. The molecule has 0 aliphatic heterocycles. The first-order chi connectivity index (χ1) is 8.11. The van der Waals surface area contributed by atoms with E-state index in [0.717, 1.165) is 0 Å². The van der Waals surface area contributed by atoms with E-state index in [4.69, 9.17) is 5.73 Å². The number of benzene rings is 2. The van der Waals surface area contributed by atoms with Crippen molar-refractivity contribution in [2.24, 2.45) is 11.7 Å². The summed E-state index contributed by atoms with van der Waals surface area (Å²) < 4.78 is 0. The average Bonchev–Trinajstić information content (AvgIpc) is 2.36. The molecule has 1 nitrogen and oxygen atoms in total. The van der Waals surface area contributed by atoms with Gasteiger partial charge in [0.25, 0.3) is 0 Å². The maximum Gasteiger partial charge on any atom is 0.0129 e. The Bertz CT molecular complexity index is 496. The third kappa shape index (κ3) is 2.34. The number of nitrogens with two attached hydrogens (primary N) is 1. The van der Waals surface area contributed by atoms with Gasteiger partial charge >= 0.3 is 0 Å². The van der Waals surface area contributed by atoms with Crippen molar-refractivity contribution in [1.82, 2.24) is 0 Å². The van der Waals surface area contributed by atoms with Crippen LogP contribution in [0.4, 0.5) is 0 Å². The first kappa shape index (κ1) is 12.1. The molecule has 0 radical (unpaired) electrons. The average molecular weight is 227 g/mol. The largest absolute Gasteiger partial charge is 0.327 e. The fraction of sp³-hybridized carbons (Fsp3) is 0.375. The van der Waals surface area contributed by atoms with Crippen LogP contribution in [-0.2, 0) is 0 Å². The maximum absolute atomic E-state index is 6.28. The molecule has 2 rings (SSSR count). The second kappa shape index (κ2) is 4.89. The zero-order valence-corrected chi connectivity index (χ0v) is 10.9. The summed E-state index contributed by atoms with van der Waals surface area (Å²) in [5.74, 6) is 0.894. The smallest absolute Gasteiger partial charge is 0.0129 e. The summed E-state index contributed by atoms with van der Waals surface area (Å²) in [7, 11) is 0. The van der Waals surface area contributed by atoms with Crippen molar-refractivity contribution in [2.75, 3.05) is 0 Å². The molecule has 17 heavy (non-hydrogen) atoms. The first-order valence-corrected chi connectivity index (χ1v) is 6.34. The van der Waals surface area contributed by atoms with Gasteiger partial charge in [-0.3, -0.25) is 0 Å². The van der Waals surface area contributed by atoms with E-state index in [0.29, 0.717) is 11.8 Å². The molecule has 0 aliphatic carbocycles. The number of fused-ring (bicyclic) bond motifs is 1. The van der Waals surface area contributed by atoms with Gasteiger partial charge in [0, 0.05) is 6.04 Å². The lowest BCUT2D eigenvalue weighted by atomic mass is 9.85. The molecule has 0 heterocycles. The van der Waals surface area contributed by atoms with Crippen LogP contribution in [0.25, 0.3) is 10.8 Å². The molecular formula is C16H21N. The van der Waals surface area contributed by atoms with E-state index < -0.39 is 0 Å². The Kier molecular flexibility index (Phi) is 3.49. The van der Waals surface area contributed by atoms with Crippen LogP contribution in [-0.4, -0.2) is 6.04 Å². The van der Waals surface area contributed by atoms with Gasteiger partial charge in [-0.2, -0.15) is 0 Å². The van der Waals surface area contributed by atoms with E-state index in [2.05, 4.69) is 63.2 Å². The molecule has 2 N–H and O–H groups in total. The van der Waals surface area contributed by atoms with Crippen LogP contribution in [0.15, 0.2) is 42.5 Å². The van der Waals surface area contributed by atoms with Crippen LogP contribution >= 0.6 is 0 Å². The number of hydrogen-bond donors (Lipinski definition) is 1. The fourth-order valence-electron chi connectivity index (χ4n) is 2.43. The minimum atomic E-state index is 0.209. The molecule has 0 spiro atoms. The Labute approximate surface area is 104 Å². The number of hydrogen-bond acceptors (Lipinski definition) is 1. The van der Waals surface area contributed by atoms with E-state index in [9.17, 15) is 0 Å². The van der Waals surface area contributed by atoms with Crippen molar-refractivity contribution in [3.05, 3.63) is 48.0 Å². The second-order valence-electron chi connectivity index (χ2n) is 5.18. The Hall–Kier alpha value is -1.34. The topological polar surface area (TPSA) is 26.0 Å². The van der Waals surface area contributed by atoms with Gasteiger partial charge in [0.05, 0.1) is 0 Å². The Morgan fingerprint density at radius 1 is 0.882 bits per heavy atom. The summed E-state index contributed by atoms with van der Waals surface area (Å²) >= 11 is 0. The summed E-state index contributed by atoms with van der Waals surface area (Å²) in [6, 6.07) is 15.2. The zero-order chi connectivity index (χ0) is 12.4. The van der Waals surface area contributed by atoms with Gasteiger partial charge in [-0.1, -0.05) is 63.2 Å². The summed E-state index contributed by atoms with van der Waals surface area (Å²) in [6.07, 6.45) is 0. The van der Waals surface area contributed by atoms with Gasteiger partial charge in [-0.05, 0) is 28.2 Å². The van der Waals surface area contributed by atoms with E-state index in [-0.39, 0.29) is 6.04 Å². The highest BCUT2D eigenvalue weighted by molar-refractivity contribution is 5.86. The predicted octanol–water partition coefficient (Wildman–Crippen LogP) is 3.93. The molecule has 0 amide bonds. The quantitative estimate of drug-likeness (QED) is 0.844. The normalized spacial score (nSPS) is 15.1. The predicted molar refractivity (Wildman–Crippen MR) is 75.2 cm³/mol. The van der Waals surface area contributed by atoms with E-state index in [1.165, 1.54) is 16.3 Å². The van der Waals surface area contributed by atoms with Gasteiger partial charge in [-0.25, -0.2) is 0 Å². The summed E-state index contributed by atoms with van der Waals surface area (Å²) in [5, 5.41) is 2.63. The zero-order valence-electron chi connectivity index (χ0n) is 10.9. The molecule has 0 saturated heterocycles. The van der Waals surface area contributed by atoms with Crippen molar-refractivity contribution in [3.63, 3.8) is 0 Å². The van der Waals surface area contributed by atoms with Crippen molar-refractivity contribution in [2.45, 2.75) is 32.7 Å². The Balaban J connectivity index is 2.48. The molecule has 0 aliphatic rings. The summed E-state index contributed by atoms with van der Waals surface area (Å²) in [6.45, 7) is 6.60. The van der Waals surface area contributed by atoms with E-state index in [1.54, 1.807) is 0 Å². The van der Waals surface area contributed by atoms with Crippen molar-refractivity contribution in [3.8, 4) is 0 Å². The molecule has 90 valence electrons. The molecule has 2 atom stereocenters. The van der Waals surface area contributed by atoms with E-state index >= 15 is 0 Å². The lowest BCUT2D eigenvalue weighted by molar-refractivity contribution is 0.436. The molecule has 0 fully saturated rings. The van der Waals surface area contributed by atoms with Crippen LogP contribution in [0.1, 0.15) is 32.3 Å². The van der Waals surface area contributed by atoms with Gasteiger partial charge < -0.3 is 5.73 Å². The molecule has 2 aromatic rings. The first-order valence-electron chi connectivity index (χ1n) is 6.34. The van der Waals surface area contributed by atoms with Gasteiger partial charge in [0.2, 0.25) is 0 Å². The van der Waals surface area contributed by atoms with E-state index in [1.807, 2.05) is 0 Å². The highest BCUT2D eigenvalue weighted by Crippen LogP contribution is 2.29. The molecular weight excluding hydrogens is 206 g/mol. The Morgan fingerprint density at radius 2 is 1.53 bits per heavy atom. The molecule has 0 saturated carbocycles. The lowest BCUT2D eigenvalue weighted by Crippen LogP contribution is -2.32. The molecule has 1 heteroatoms. The molecule has 0 aromatic heterocycles. The maximum atomic E-state index is 6.28.